The summed E-state index contributed by atoms with van der Waals surface area (Å²) >= 11 is 0. The Morgan fingerprint density at radius 2 is 2.00 bits per heavy atom. The van der Waals surface area contributed by atoms with Crippen LogP contribution in [0.5, 0.6) is 0 Å². The molecule has 1 aromatic heterocycles. The van der Waals surface area contributed by atoms with Gasteiger partial charge in [-0.1, -0.05) is 18.2 Å². The molecule has 1 heterocycles. The second kappa shape index (κ2) is 3.06. The number of benzene rings is 1. The lowest BCUT2D eigenvalue weighted by Gasteiger charge is -2.03. The van der Waals surface area contributed by atoms with Crippen molar-refractivity contribution in [3.63, 3.8) is 0 Å². The number of aromatic nitrogens is 2. The first-order valence-electron chi connectivity index (χ1n) is 4.22. The van der Waals surface area contributed by atoms with Crippen LogP contribution in [-0.4, -0.2) is 16.1 Å². The predicted molar refractivity (Wildman–Crippen MR) is 52.8 cm³/mol. The normalized spacial score (nSPS) is 10.4. The lowest BCUT2D eigenvalue weighted by molar-refractivity contribution is 0.0994. The molecular formula is C10H9N3O. The van der Waals surface area contributed by atoms with Crippen molar-refractivity contribution in [1.82, 2.24) is 10.2 Å². The van der Waals surface area contributed by atoms with Crippen LogP contribution in [0.4, 0.5) is 0 Å². The Hall–Kier alpha value is -1.97. The standard InChI is InChI=1S/C10H9N3O/c1-6-7-4-2-3-5-8(7)12-13-9(6)10(11)14/h2-5H,1H3,(H2,11,14). The second-order valence-corrected chi connectivity index (χ2v) is 3.06. The van der Waals surface area contributed by atoms with Crippen molar-refractivity contribution in [2.45, 2.75) is 6.92 Å². The predicted octanol–water partition coefficient (Wildman–Crippen LogP) is 1.04. The molecule has 14 heavy (non-hydrogen) atoms. The van der Waals surface area contributed by atoms with Gasteiger partial charge in [-0.15, -0.1) is 10.2 Å². The van der Waals surface area contributed by atoms with Crippen molar-refractivity contribution < 1.29 is 4.79 Å². The van der Waals surface area contributed by atoms with E-state index in [4.69, 9.17) is 5.73 Å². The van der Waals surface area contributed by atoms with E-state index in [2.05, 4.69) is 10.2 Å². The molecule has 2 rings (SSSR count). The van der Waals surface area contributed by atoms with Gasteiger partial charge in [0.15, 0.2) is 5.69 Å². The summed E-state index contributed by atoms with van der Waals surface area (Å²) < 4.78 is 0. The third kappa shape index (κ3) is 1.21. The molecule has 0 unspecified atom stereocenters. The smallest absolute Gasteiger partial charge is 0.269 e. The van der Waals surface area contributed by atoms with E-state index in [0.717, 1.165) is 16.5 Å². The first-order chi connectivity index (χ1) is 6.70. The van der Waals surface area contributed by atoms with Crippen molar-refractivity contribution in [2.75, 3.05) is 0 Å². The number of fused-ring (bicyclic) bond motifs is 1. The van der Waals surface area contributed by atoms with Gasteiger partial charge < -0.3 is 5.73 Å². The summed E-state index contributed by atoms with van der Waals surface area (Å²) in [7, 11) is 0. The molecule has 0 aliphatic rings. The summed E-state index contributed by atoms with van der Waals surface area (Å²) in [6.45, 7) is 1.82. The van der Waals surface area contributed by atoms with Gasteiger partial charge in [0, 0.05) is 5.39 Å². The van der Waals surface area contributed by atoms with Crippen LogP contribution in [0.3, 0.4) is 0 Å². The third-order valence-electron chi connectivity index (χ3n) is 2.15. The van der Waals surface area contributed by atoms with Crippen LogP contribution < -0.4 is 5.73 Å². The fourth-order valence-corrected chi connectivity index (χ4v) is 1.42. The second-order valence-electron chi connectivity index (χ2n) is 3.06. The van der Waals surface area contributed by atoms with Crippen LogP contribution in [0.2, 0.25) is 0 Å². The number of hydrogen-bond acceptors (Lipinski definition) is 3. The average Bonchev–Trinajstić information content (AvgIpc) is 2.18. The minimum atomic E-state index is -0.541. The molecule has 0 atom stereocenters. The van der Waals surface area contributed by atoms with E-state index in [0.29, 0.717) is 0 Å². The minimum Gasteiger partial charge on any atom is -0.364 e. The van der Waals surface area contributed by atoms with E-state index < -0.39 is 5.91 Å². The summed E-state index contributed by atoms with van der Waals surface area (Å²) in [6, 6.07) is 7.51. The maximum Gasteiger partial charge on any atom is 0.269 e. The van der Waals surface area contributed by atoms with Gasteiger partial charge in [-0.25, -0.2) is 0 Å². The number of rotatable bonds is 1. The van der Waals surface area contributed by atoms with Gasteiger partial charge >= 0.3 is 0 Å². The number of aryl methyl sites for hydroxylation is 1. The van der Waals surface area contributed by atoms with Crippen molar-refractivity contribution in [2.24, 2.45) is 5.73 Å². The third-order valence-corrected chi connectivity index (χ3v) is 2.15. The number of primary amides is 1. The largest absolute Gasteiger partial charge is 0.364 e. The van der Waals surface area contributed by atoms with Crippen molar-refractivity contribution in [3.8, 4) is 0 Å². The van der Waals surface area contributed by atoms with Crippen LogP contribution >= 0.6 is 0 Å². The molecule has 0 spiro atoms. The molecular weight excluding hydrogens is 178 g/mol. The highest BCUT2D eigenvalue weighted by Gasteiger charge is 2.10. The Morgan fingerprint density at radius 1 is 1.29 bits per heavy atom. The van der Waals surface area contributed by atoms with Gasteiger partial charge in [0.2, 0.25) is 0 Å². The number of hydrogen-bond donors (Lipinski definition) is 1. The summed E-state index contributed by atoms with van der Waals surface area (Å²) in [5.74, 6) is -0.541. The molecule has 0 aliphatic carbocycles. The molecule has 2 aromatic rings. The summed E-state index contributed by atoms with van der Waals surface area (Å²) in [6.07, 6.45) is 0. The molecule has 0 saturated carbocycles. The number of carbonyl (C=O) groups is 1. The van der Waals surface area contributed by atoms with Crippen molar-refractivity contribution >= 4 is 16.8 Å². The number of nitrogens with zero attached hydrogens (tertiary/aromatic N) is 2. The molecule has 1 amide bonds. The van der Waals surface area contributed by atoms with Gasteiger partial charge in [-0.05, 0) is 18.6 Å². The number of amides is 1. The molecule has 1 aromatic carbocycles. The summed E-state index contributed by atoms with van der Waals surface area (Å²) in [4.78, 5) is 11.0. The fourth-order valence-electron chi connectivity index (χ4n) is 1.42. The Bertz CT molecular complexity index is 508. The molecule has 4 heteroatoms. The zero-order valence-electron chi connectivity index (χ0n) is 7.69. The van der Waals surface area contributed by atoms with E-state index in [1.807, 2.05) is 31.2 Å². The Morgan fingerprint density at radius 3 is 2.71 bits per heavy atom. The highest BCUT2D eigenvalue weighted by Crippen LogP contribution is 2.16. The van der Waals surface area contributed by atoms with E-state index in [1.54, 1.807) is 0 Å². The highest BCUT2D eigenvalue weighted by atomic mass is 16.1. The Labute approximate surface area is 80.8 Å². The van der Waals surface area contributed by atoms with E-state index in [1.165, 1.54) is 0 Å². The Balaban J connectivity index is 2.81. The van der Waals surface area contributed by atoms with Gasteiger partial charge in [-0.2, -0.15) is 0 Å². The van der Waals surface area contributed by atoms with E-state index in [-0.39, 0.29) is 5.69 Å². The van der Waals surface area contributed by atoms with Crippen LogP contribution in [0.1, 0.15) is 16.1 Å². The molecule has 0 radical (unpaired) electrons. The number of carbonyl (C=O) groups excluding carboxylic acids is 1. The molecule has 70 valence electrons. The van der Waals surface area contributed by atoms with Crippen LogP contribution in [-0.2, 0) is 0 Å². The quantitative estimate of drug-likeness (QED) is 0.725. The molecule has 0 fully saturated rings. The van der Waals surface area contributed by atoms with Crippen LogP contribution in [0.25, 0.3) is 10.9 Å². The lowest BCUT2D eigenvalue weighted by Crippen LogP contribution is -2.15. The van der Waals surface area contributed by atoms with Crippen molar-refractivity contribution in [1.29, 1.82) is 0 Å². The average molecular weight is 187 g/mol. The van der Waals surface area contributed by atoms with E-state index >= 15 is 0 Å². The maximum absolute atomic E-state index is 11.0. The number of nitrogens with two attached hydrogens (primary N) is 1. The zero-order chi connectivity index (χ0) is 10.1. The van der Waals surface area contributed by atoms with Gasteiger partial charge in [0.1, 0.15) is 0 Å². The molecule has 2 N–H and O–H groups in total. The van der Waals surface area contributed by atoms with Crippen molar-refractivity contribution in [3.05, 3.63) is 35.5 Å². The lowest BCUT2D eigenvalue weighted by atomic mass is 10.1. The van der Waals surface area contributed by atoms with Crippen LogP contribution in [0, 0.1) is 6.92 Å². The topological polar surface area (TPSA) is 68.9 Å². The summed E-state index contributed by atoms with van der Waals surface area (Å²) in [5, 5.41) is 8.61. The highest BCUT2D eigenvalue weighted by molar-refractivity contribution is 5.96. The first kappa shape index (κ1) is 8.62. The van der Waals surface area contributed by atoms with E-state index in [9.17, 15) is 4.79 Å². The van der Waals surface area contributed by atoms with Crippen LogP contribution in [0.15, 0.2) is 24.3 Å². The Kier molecular flexibility index (Phi) is 1.89. The first-order valence-corrected chi connectivity index (χ1v) is 4.22. The van der Waals surface area contributed by atoms with Gasteiger partial charge in [0.05, 0.1) is 5.52 Å². The van der Waals surface area contributed by atoms with Gasteiger partial charge in [-0.3, -0.25) is 4.79 Å². The SMILES string of the molecule is Cc1c(C(N)=O)nnc2ccccc12. The summed E-state index contributed by atoms with van der Waals surface area (Å²) in [5.41, 5.74) is 6.96. The molecule has 0 bridgehead atoms. The molecule has 4 nitrogen and oxygen atoms in total. The minimum absolute atomic E-state index is 0.240. The zero-order valence-corrected chi connectivity index (χ0v) is 7.69. The maximum atomic E-state index is 11.0. The monoisotopic (exact) mass is 187 g/mol. The fraction of sp³-hybridized carbons (Fsp3) is 0.100. The molecule has 0 saturated heterocycles. The van der Waals surface area contributed by atoms with Gasteiger partial charge in [0.25, 0.3) is 5.91 Å². The molecule has 0 aliphatic heterocycles.